The summed E-state index contributed by atoms with van der Waals surface area (Å²) in [6, 6.07) is 24.7. The number of fused-ring (bicyclic) bond motifs is 1. The topological polar surface area (TPSA) is 74.6 Å². The van der Waals surface area contributed by atoms with Crippen molar-refractivity contribution in [2.45, 2.75) is 32.4 Å². The Morgan fingerprint density at radius 3 is 2.49 bits per heavy atom. The van der Waals surface area contributed by atoms with E-state index in [2.05, 4.69) is 16.0 Å². The van der Waals surface area contributed by atoms with E-state index in [0.717, 1.165) is 47.7 Å². The number of nitrogens with zero attached hydrogens (tertiary/aromatic N) is 2. The molecule has 0 saturated carbocycles. The molecule has 7 nitrogen and oxygen atoms in total. The van der Waals surface area contributed by atoms with Crippen molar-refractivity contribution >= 4 is 16.9 Å². The third-order valence-electron chi connectivity index (χ3n) is 5.65. The van der Waals surface area contributed by atoms with Gasteiger partial charge in [0.15, 0.2) is 6.61 Å². The van der Waals surface area contributed by atoms with Crippen LogP contribution in [-0.2, 0) is 11.3 Å². The summed E-state index contributed by atoms with van der Waals surface area (Å²) in [7, 11) is 1.64. The van der Waals surface area contributed by atoms with E-state index in [4.69, 9.17) is 19.2 Å². The molecule has 1 unspecified atom stereocenters. The van der Waals surface area contributed by atoms with Crippen LogP contribution in [0.25, 0.3) is 11.0 Å². The van der Waals surface area contributed by atoms with Gasteiger partial charge in [-0.1, -0.05) is 36.4 Å². The molecular weight excluding hydrogens is 442 g/mol. The normalized spacial score (nSPS) is 11.7. The van der Waals surface area contributed by atoms with Crippen molar-refractivity contribution in [1.82, 2.24) is 14.9 Å². The monoisotopic (exact) mass is 473 g/mol. The Hall–Kier alpha value is -4.00. The van der Waals surface area contributed by atoms with E-state index < -0.39 is 0 Å². The highest BCUT2D eigenvalue weighted by Gasteiger charge is 2.18. The summed E-state index contributed by atoms with van der Waals surface area (Å²) in [6.45, 7) is 3.29. The van der Waals surface area contributed by atoms with Gasteiger partial charge in [-0.3, -0.25) is 4.79 Å². The fourth-order valence-corrected chi connectivity index (χ4v) is 3.93. The molecule has 3 aromatic carbocycles. The van der Waals surface area contributed by atoms with Crippen LogP contribution in [0.1, 0.15) is 31.6 Å². The summed E-state index contributed by atoms with van der Waals surface area (Å²) in [5.74, 6) is 2.88. The number of hydrogen-bond donors (Lipinski definition) is 1. The number of methoxy groups -OCH3 is 1. The largest absolute Gasteiger partial charge is 0.497 e. The van der Waals surface area contributed by atoms with Crippen LogP contribution in [0.2, 0.25) is 0 Å². The second-order valence-corrected chi connectivity index (χ2v) is 8.24. The summed E-state index contributed by atoms with van der Waals surface area (Å²) in [5.41, 5.74) is 1.97. The molecule has 4 aromatic rings. The highest BCUT2D eigenvalue weighted by Crippen LogP contribution is 2.22. The van der Waals surface area contributed by atoms with E-state index >= 15 is 0 Å². The number of nitrogens with one attached hydrogen (secondary N) is 1. The van der Waals surface area contributed by atoms with Gasteiger partial charge in [-0.2, -0.15) is 0 Å². The average Bonchev–Trinajstić information content (AvgIpc) is 3.27. The van der Waals surface area contributed by atoms with Gasteiger partial charge in [0.2, 0.25) is 0 Å². The van der Waals surface area contributed by atoms with Crippen molar-refractivity contribution < 1.29 is 19.0 Å². The van der Waals surface area contributed by atoms with Crippen LogP contribution in [0.5, 0.6) is 17.2 Å². The number of ether oxygens (including phenoxy) is 3. The zero-order valence-corrected chi connectivity index (χ0v) is 20.1. The van der Waals surface area contributed by atoms with Gasteiger partial charge in [0.05, 0.1) is 30.8 Å². The quantitative estimate of drug-likeness (QED) is 0.288. The first-order valence-electron chi connectivity index (χ1n) is 11.8. The Morgan fingerprint density at radius 1 is 0.914 bits per heavy atom. The number of hydrogen-bond acceptors (Lipinski definition) is 5. The van der Waals surface area contributed by atoms with Crippen LogP contribution >= 0.6 is 0 Å². The minimum Gasteiger partial charge on any atom is -0.497 e. The lowest BCUT2D eigenvalue weighted by atomic mass is 10.2. The molecule has 0 radical (unpaired) electrons. The van der Waals surface area contributed by atoms with E-state index in [1.807, 2.05) is 79.7 Å². The molecule has 1 N–H and O–H groups in total. The Labute approximate surface area is 205 Å². The van der Waals surface area contributed by atoms with Crippen molar-refractivity contribution in [3.05, 3.63) is 84.7 Å². The van der Waals surface area contributed by atoms with Gasteiger partial charge < -0.3 is 24.1 Å². The van der Waals surface area contributed by atoms with Gasteiger partial charge in [-0.25, -0.2) is 4.98 Å². The van der Waals surface area contributed by atoms with Gasteiger partial charge >= 0.3 is 0 Å². The second-order valence-electron chi connectivity index (χ2n) is 8.24. The molecule has 1 heterocycles. The zero-order valence-electron chi connectivity index (χ0n) is 20.1. The predicted octanol–water partition coefficient (Wildman–Crippen LogP) is 5.16. The number of aryl methyl sites for hydroxylation is 1. The summed E-state index contributed by atoms with van der Waals surface area (Å²) < 4.78 is 18.9. The number of rotatable bonds is 12. The van der Waals surface area contributed by atoms with Crippen molar-refractivity contribution in [3.8, 4) is 17.2 Å². The number of unbranched alkanes of at least 4 members (excludes halogenated alkanes) is 1. The van der Waals surface area contributed by atoms with Crippen LogP contribution in [0.3, 0.4) is 0 Å². The maximum absolute atomic E-state index is 12.5. The lowest BCUT2D eigenvalue weighted by molar-refractivity contribution is -0.123. The number of aromatic nitrogens is 2. The van der Waals surface area contributed by atoms with Crippen LogP contribution in [-0.4, -0.2) is 35.8 Å². The summed E-state index contributed by atoms with van der Waals surface area (Å²) in [6.07, 6.45) is 1.80. The van der Waals surface area contributed by atoms with Crippen LogP contribution in [0, 0.1) is 0 Å². The van der Waals surface area contributed by atoms with E-state index in [1.165, 1.54) is 0 Å². The number of amides is 1. The molecule has 35 heavy (non-hydrogen) atoms. The Morgan fingerprint density at radius 2 is 1.66 bits per heavy atom. The highest BCUT2D eigenvalue weighted by molar-refractivity contribution is 5.79. The SMILES string of the molecule is COc1cccc(OCCCCn2c(C(C)NC(=O)COc3ccccc3)nc3ccccc32)c1. The van der Waals surface area contributed by atoms with Gasteiger partial charge in [0.1, 0.15) is 23.1 Å². The molecule has 0 fully saturated rings. The molecule has 0 saturated heterocycles. The molecule has 1 amide bonds. The Balaban J connectivity index is 1.34. The molecule has 182 valence electrons. The number of para-hydroxylation sites is 3. The minimum atomic E-state index is -0.262. The maximum Gasteiger partial charge on any atom is 0.258 e. The molecule has 0 aliphatic rings. The van der Waals surface area contributed by atoms with Crippen LogP contribution < -0.4 is 19.5 Å². The van der Waals surface area contributed by atoms with Crippen molar-refractivity contribution in [3.63, 3.8) is 0 Å². The van der Waals surface area contributed by atoms with Gasteiger partial charge in [-0.15, -0.1) is 0 Å². The summed E-state index contributed by atoms with van der Waals surface area (Å²) in [4.78, 5) is 17.3. The molecular formula is C28H31N3O4. The average molecular weight is 474 g/mol. The van der Waals surface area contributed by atoms with E-state index in [9.17, 15) is 4.79 Å². The third kappa shape index (κ3) is 6.53. The lowest BCUT2D eigenvalue weighted by Crippen LogP contribution is -2.32. The van der Waals surface area contributed by atoms with Gasteiger partial charge in [-0.05, 0) is 56.2 Å². The molecule has 1 aromatic heterocycles. The fraction of sp³-hybridized carbons (Fsp3) is 0.286. The van der Waals surface area contributed by atoms with E-state index in [-0.39, 0.29) is 18.6 Å². The van der Waals surface area contributed by atoms with Gasteiger partial charge in [0.25, 0.3) is 5.91 Å². The molecule has 7 heteroatoms. The first-order valence-corrected chi connectivity index (χ1v) is 11.8. The summed E-state index contributed by atoms with van der Waals surface area (Å²) in [5, 5.41) is 3.02. The Bertz CT molecular complexity index is 1240. The lowest BCUT2D eigenvalue weighted by Gasteiger charge is -2.17. The predicted molar refractivity (Wildman–Crippen MR) is 136 cm³/mol. The second kappa shape index (κ2) is 11.9. The maximum atomic E-state index is 12.5. The molecule has 1 atom stereocenters. The van der Waals surface area contributed by atoms with E-state index in [0.29, 0.717) is 12.4 Å². The first-order chi connectivity index (χ1) is 17.1. The Kier molecular flexibility index (Phi) is 8.22. The fourth-order valence-electron chi connectivity index (χ4n) is 3.93. The van der Waals surface area contributed by atoms with Crippen molar-refractivity contribution in [2.75, 3.05) is 20.3 Å². The number of benzene rings is 3. The number of imidazole rings is 1. The zero-order chi connectivity index (χ0) is 24.5. The highest BCUT2D eigenvalue weighted by atomic mass is 16.5. The third-order valence-corrected chi connectivity index (χ3v) is 5.65. The standard InChI is InChI=1S/C28H31N3O4/c1-21(29-27(32)20-35-22-11-4-3-5-12-22)28-30-25-15-6-7-16-26(25)31(28)17-8-9-18-34-24-14-10-13-23(19-24)33-2/h3-7,10-16,19,21H,8-9,17-18,20H2,1-2H3,(H,29,32). The molecule has 0 aliphatic heterocycles. The summed E-state index contributed by atoms with van der Waals surface area (Å²) >= 11 is 0. The van der Waals surface area contributed by atoms with Crippen LogP contribution in [0.4, 0.5) is 0 Å². The number of carbonyl (C=O) groups excluding carboxylic acids is 1. The van der Waals surface area contributed by atoms with E-state index in [1.54, 1.807) is 7.11 Å². The van der Waals surface area contributed by atoms with Crippen LogP contribution in [0.15, 0.2) is 78.9 Å². The minimum absolute atomic E-state index is 0.0454. The molecule has 0 bridgehead atoms. The smallest absolute Gasteiger partial charge is 0.258 e. The van der Waals surface area contributed by atoms with Gasteiger partial charge in [0, 0.05) is 12.6 Å². The van der Waals surface area contributed by atoms with Crippen molar-refractivity contribution in [1.29, 1.82) is 0 Å². The molecule has 0 aliphatic carbocycles. The number of carbonyl (C=O) groups is 1. The molecule has 0 spiro atoms. The first kappa shape index (κ1) is 24.1. The van der Waals surface area contributed by atoms with Crippen molar-refractivity contribution in [2.24, 2.45) is 0 Å². The molecule has 4 rings (SSSR count).